The van der Waals surface area contributed by atoms with Gasteiger partial charge in [0.15, 0.2) is 0 Å². The first kappa shape index (κ1) is 13.5. The zero-order valence-electron chi connectivity index (χ0n) is 10.3. The van der Waals surface area contributed by atoms with Crippen LogP contribution in [0.25, 0.3) is 0 Å². The van der Waals surface area contributed by atoms with Crippen molar-refractivity contribution in [2.24, 2.45) is 0 Å². The van der Waals surface area contributed by atoms with Crippen LogP contribution >= 0.6 is 0 Å². The number of rotatable bonds is 6. The minimum atomic E-state index is -0.946. The second-order valence-electron chi connectivity index (χ2n) is 4.75. The van der Waals surface area contributed by atoms with Crippen LogP contribution in [-0.2, 0) is 9.53 Å². The summed E-state index contributed by atoms with van der Waals surface area (Å²) >= 11 is 0. The molecule has 0 aromatic rings. The lowest BCUT2D eigenvalue weighted by atomic mass is 9.92. The molecule has 16 heavy (non-hydrogen) atoms. The Morgan fingerprint density at radius 2 is 2.06 bits per heavy atom. The largest absolute Gasteiger partial charge is 0.480 e. The van der Waals surface area contributed by atoms with Crippen LogP contribution in [0.4, 0.5) is 0 Å². The summed E-state index contributed by atoms with van der Waals surface area (Å²) in [5.41, 5.74) is -0.946. The number of nitrogens with one attached hydrogen (secondary N) is 1. The normalized spacial score (nSPS) is 21.6. The average molecular weight is 229 g/mol. The van der Waals surface area contributed by atoms with Gasteiger partial charge in [-0.05, 0) is 26.7 Å². The van der Waals surface area contributed by atoms with Crippen molar-refractivity contribution in [1.29, 1.82) is 0 Å². The maximum absolute atomic E-state index is 11.3. The van der Waals surface area contributed by atoms with E-state index in [1.165, 1.54) is 19.3 Å². The van der Waals surface area contributed by atoms with E-state index in [1.807, 2.05) is 6.92 Å². The molecule has 1 aliphatic rings. The molecule has 1 atom stereocenters. The predicted molar refractivity (Wildman–Crippen MR) is 62.5 cm³/mol. The van der Waals surface area contributed by atoms with Gasteiger partial charge in [-0.15, -0.1) is 0 Å². The molecule has 0 radical (unpaired) electrons. The van der Waals surface area contributed by atoms with Gasteiger partial charge in [0.05, 0.1) is 6.61 Å². The van der Waals surface area contributed by atoms with E-state index < -0.39 is 11.5 Å². The number of hydrogen-bond acceptors (Lipinski definition) is 3. The molecule has 0 aromatic heterocycles. The van der Waals surface area contributed by atoms with Crippen LogP contribution in [0.3, 0.4) is 0 Å². The molecule has 1 saturated carbocycles. The second-order valence-corrected chi connectivity index (χ2v) is 4.75. The fourth-order valence-corrected chi connectivity index (χ4v) is 2.17. The fraction of sp³-hybridized carbons (Fsp3) is 0.917. The summed E-state index contributed by atoms with van der Waals surface area (Å²) in [5.74, 6) is -0.827. The molecule has 1 aliphatic carbocycles. The van der Waals surface area contributed by atoms with Crippen molar-refractivity contribution < 1.29 is 14.6 Å². The Kier molecular flexibility index (Phi) is 5.22. The van der Waals surface area contributed by atoms with Crippen molar-refractivity contribution in [3.8, 4) is 0 Å². The lowest BCUT2D eigenvalue weighted by molar-refractivity contribution is -0.147. The molecule has 4 nitrogen and oxygen atoms in total. The third kappa shape index (κ3) is 3.76. The molecule has 1 unspecified atom stereocenters. The Bertz CT molecular complexity index is 226. The van der Waals surface area contributed by atoms with E-state index in [2.05, 4.69) is 5.32 Å². The molecule has 2 N–H and O–H groups in total. The van der Waals surface area contributed by atoms with Crippen molar-refractivity contribution in [2.45, 2.75) is 57.5 Å². The van der Waals surface area contributed by atoms with Crippen LogP contribution in [0.1, 0.15) is 46.0 Å². The van der Waals surface area contributed by atoms with Gasteiger partial charge >= 0.3 is 5.97 Å². The van der Waals surface area contributed by atoms with E-state index in [1.54, 1.807) is 6.92 Å². The molecule has 0 saturated heterocycles. The molecule has 1 fully saturated rings. The lowest BCUT2D eigenvalue weighted by Crippen LogP contribution is -2.57. The molecular formula is C12H23NO3. The van der Waals surface area contributed by atoms with Gasteiger partial charge < -0.3 is 9.84 Å². The van der Waals surface area contributed by atoms with Gasteiger partial charge in [0.25, 0.3) is 0 Å². The highest BCUT2D eigenvalue weighted by Gasteiger charge is 2.35. The topological polar surface area (TPSA) is 58.6 Å². The first-order valence-electron chi connectivity index (χ1n) is 6.17. The van der Waals surface area contributed by atoms with E-state index in [-0.39, 0.29) is 6.61 Å². The molecule has 0 amide bonds. The quantitative estimate of drug-likeness (QED) is 0.729. The molecule has 0 spiro atoms. The lowest BCUT2D eigenvalue weighted by Gasteiger charge is -2.33. The second kappa shape index (κ2) is 6.21. The standard InChI is InChI=1S/C12H23NO3/c1-3-16-9-12(2,11(14)15)13-10-7-5-4-6-8-10/h10,13H,3-9H2,1-2H3,(H,14,15). The summed E-state index contributed by atoms with van der Waals surface area (Å²) in [6.45, 7) is 4.37. The zero-order valence-corrected chi connectivity index (χ0v) is 10.3. The molecular weight excluding hydrogens is 206 g/mol. The van der Waals surface area contributed by atoms with Crippen LogP contribution in [0.5, 0.6) is 0 Å². The molecule has 1 rings (SSSR count). The SMILES string of the molecule is CCOCC(C)(NC1CCCCC1)C(=O)O. The fourth-order valence-electron chi connectivity index (χ4n) is 2.17. The molecule has 94 valence electrons. The van der Waals surface area contributed by atoms with Gasteiger partial charge in [0.1, 0.15) is 5.54 Å². The highest BCUT2D eigenvalue weighted by atomic mass is 16.5. The highest BCUT2D eigenvalue weighted by Crippen LogP contribution is 2.20. The van der Waals surface area contributed by atoms with Crippen molar-refractivity contribution >= 4 is 5.97 Å². The minimum absolute atomic E-state index is 0.231. The Balaban J connectivity index is 2.51. The minimum Gasteiger partial charge on any atom is -0.480 e. The van der Waals surface area contributed by atoms with E-state index in [0.717, 1.165) is 12.8 Å². The number of hydrogen-bond donors (Lipinski definition) is 2. The Labute approximate surface area is 97.4 Å². The van der Waals surface area contributed by atoms with Crippen LogP contribution in [0.2, 0.25) is 0 Å². The molecule has 0 bridgehead atoms. The van der Waals surface area contributed by atoms with E-state index in [9.17, 15) is 9.90 Å². The smallest absolute Gasteiger partial charge is 0.326 e. The van der Waals surface area contributed by atoms with Gasteiger partial charge in [-0.25, -0.2) is 0 Å². The van der Waals surface area contributed by atoms with Crippen LogP contribution in [0, 0.1) is 0 Å². The van der Waals surface area contributed by atoms with Crippen molar-refractivity contribution in [2.75, 3.05) is 13.2 Å². The molecule has 4 heteroatoms. The number of aliphatic carboxylic acids is 1. The summed E-state index contributed by atoms with van der Waals surface area (Å²) in [5, 5.41) is 12.5. The Morgan fingerprint density at radius 3 is 2.56 bits per heavy atom. The third-order valence-electron chi connectivity index (χ3n) is 3.19. The molecule has 0 aromatic carbocycles. The van der Waals surface area contributed by atoms with Crippen molar-refractivity contribution in [1.82, 2.24) is 5.32 Å². The monoisotopic (exact) mass is 229 g/mol. The first-order valence-corrected chi connectivity index (χ1v) is 6.17. The summed E-state index contributed by atoms with van der Waals surface area (Å²) in [4.78, 5) is 11.3. The van der Waals surface area contributed by atoms with E-state index in [0.29, 0.717) is 12.6 Å². The summed E-state index contributed by atoms with van der Waals surface area (Å²) in [6, 6.07) is 0.329. The van der Waals surface area contributed by atoms with Gasteiger partial charge in [-0.1, -0.05) is 19.3 Å². The summed E-state index contributed by atoms with van der Waals surface area (Å²) in [7, 11) is 0. The Hall–Kier alpha value is -0.610. The van der Waals surface area contributed by atoms with Crippen LogP contribution in [-0.4, -0.2) is 35.9 Å². The van der Waals surface area contributed by atoms with Crippen molar-refractivity contribution in [3.63, 3.8) is 0 Å². The van der Waals surface area contributed by atoms with Gasteiger partial charge in [-0.2, -0.15) is 0 Å². The first-order chi connectivity index (χ1) is 7.58. The maximum atomic E-state index is 11.3. The zero-order chi connectivity index (χ0) is 12.0. The van der Waals surface area contributed by atoms with Crippen LogP contribution in [0.15, 0.2) is 0 Å². The van der Waals surface area contributed by atoms with E-state index in [4.69, 9.17) is 4.74 Å². The third-order valence-corrected chi connectivity index (χ3v) is 3.19. The average Bonchev–Trinajstić information content (AvgIpc) is 2.27. The summed E-state index contributed by atoms with van der Waals surface area (Å²) in [6.07, 6.45) is 5.82. The van der Waals surface area contributed by atoms with Crippen LogP contribution < -0.4 is 5.32 Å². The predicted octanol–water partition coefficient (Wildman–Crippen LogP) is 1.79. The van der Waals surface area contributed by atoms with E-state index >= 15 is 0 Å². The Morgan fingerprint density at radius 1 is 1.44 bits per heavy atom. The summed E-state index contributed by atoms with van der Waals surface area (Å²) < 4.78 is 5.26. The number of carboxylic acids is 1. The number of carboxylic acid groups (broad SMARTS) is 1. The van der Waals surface area contributed by atoms with Gasteiger partial charge in [0.2, 0.25) is 0 Å². The van der Waals surface area contributed by atoms with Gasteiger partial charge in [0, 0.05) is 12.6 Å². The highest BCUT2D eigenvalue weighted by molar-refractivity contribution is 5.78. The molecule has 0 heterocycles. The number of carbonyl (C=O) groups is 1. The van der Waals surface area contributed by atoms with Gasteiger partial charge in [-0.3, -0.25) is 10.1 Å². The van der Waals surface area contributed by atoms with Crippen molar-refractivity contribution in [3.05, 3.63) is 0 Å². The maximum Gasteiger partial charge on any atom is 0.326 e. The number of ether oxygens (including phenoxy) is 1. The molecule has 0 aliphatic heterocycles.